The van der Waals surface area contributed by atoms with Crippen LogP contribution in [0, 0.1) is 11.3 Å². The molecule has 70 valence electrons. The van der Waals surface area contributed by atoms with Gasteiger partial charge in [-0.2, -0.15) is 0 Å². The molecule has 0 unspecified atom stereocenters. The second kappa shape index (κ2) is 3.37. The minimum Gasteiger partial charge on any atom is -0.381 e. The molecule has 1 spiro atoms. The Morgan fingerprint density at radius 1 is 1.17 bits per heavy atom. The summed E-state index contributed by atoms with van der Waals surface area (Å²) in [5.74, 6) is 0.885. The molecule has 0 saturated heterocycles. The molecule has 0 aliphatic heterocycles. The largest absolute Gasteiger partial charge is 0.381 e. The van der Waals surface area contributed by atoms with Crippen LogP contribution in [0.25, 0.3) is 0 Å². The molecule has 0 atom stereocenters. The van der Waals surface area contributed by atoms with Crippen molar-refractivity contribution in [2.45, 2.75) is 45.4 Å². The third-order valence-electron chi connectivity index (χ3n) is 3.68. The molecule has 0 aromatic rings. The number of ether oxygens (including phenoxy) is 1. The first-order valence-corrected chi connectivity index (χ1v) is 5.42. The van der Waals surface area contributed by atoms with Crippen LogP contribution in [-0.4, -0.2) is 13.2 Å². The zero-order valence-corrected chi connectivity index (χ0v) is 8.14. The molecule has 0 N–H and O–H groups in total. The van der Waals surface area contributed by atoms with Crippen LogP contribution in [-0.2, 0) is 4.74 Å². The van der Waals surface area contributed by atoms with Gasteiger partial charge in [-0.15, -0.1) is 0 Å². The first-order valence-electron chi connectivity index (χ1n) is 5.42. The fourth-order valence-corrected chi connectivity index (χ4v) is 2.42. The highest BCUT2D eigenvalue weighted by molar-refractivity contribution is 4.96. The summed E-state index contributed by atoms with van der Waals surface area (Å²) in [4.78, 5) is 0. The Balaban J connectivity index is 1.68. The van der Waals surface area contributed by atoms with Crippen molar-refractivity contribution < 1.29 is 4.74 Å². The zero-order valence-electron chi connectivity index (χ0n) is 8.14. The van der Waals surface area contributed by atoms with Gasteiger partial charge in [-0.25, -0.2) is 0 Å². The normalized spacial score (nSPS) is 27.8. The topological polar surface area (TPSA) is 9.23 Å². The average Bonchev–Trinajstić information content (AvgIpc) is 2.85. The van der Waals surface area contributed by atoms with Crippen molar-refractivity contribution in [1.82, 2.24) is 0 Å². The molecule has 12 heavy (non-hydrogen) atoms. The molecule has 2 rings (SSSR count). The second-order valence-corrected chi connectivity index (χ2v) is 4.60. The maximum Gasteiger partial charge on any atom is 0.0494 e. The van der Waals surface area contributed by atoms with Crippen LogP contribution < -0.4 is 0 Å². The number of rotatable bonds is 3. The van der Waals surface area contributed by atoms with Gasteiger partial charge in [0.15, 0.2) is 0 Å². The lowest BCUT2D eigenvalue weighted by atomic mass is 9.80. The molecule has 0 amide bonds. The Bertz CT molecular complexity index is 139. The van der Waals surface area contributed by atoms with Crippen LogP contribution in [0.4, 0.5) is 0 Å². The van der Waals surface area contributed by atoms with Crippen molar-refractivity contribution in [1.29, 1.82) is 0 Å². The van der Waals surface area contributed by atoms with Gasteiger partial charge in [0.25, 0.3) is 0 Å². The van der Waals surface area contributed by atoms with Crippen LogP contribution in [0.2, 0.25) is 0 Å². The van der Waals surface area contributed by atoms with Gasteiger partial charge in [0, 0.05) is 13.2 Å². The molecule has 1 nitrogen and oxygen atoms in total. The van der Waals surface area contributed by atoms with Crippen molar-refractivity contribution in [3.8, 4) is 0 Å². The molecular weight excluding hydrogens is 148 g/mol. The van der Waals surface area contributed by atoms with E-state index in [1.807, 2.05) is 0 Å². The smallest absolute Gasteiger partial charge is 0.0494 e. The summed E-state index contributed by atoms with van der Waals surface area (Å²) in [6, 6.07) is 0. The summed E-state index contributed by atoms with van der Waals surface area (Å²) in [5, 5.41) is 0. The van der Waals surface area contributed by atoms with Crippen LogP contribution >= 0.6 is 0 Å². The monoisotopic (exact) mass is 168 g/mol. The van der Waals surface area contributed by atoms with Crippen LogP contribution in [0.5, 0.6) is 0 Å². The Labute approximate surface area is 75.5 Å². The Morgan fingerprint density at radius 2 is 1.83 bits per heavy atom. The first-order chi connectivity index (χ1) is 5.85. The molecule has 2 aliphatic rings. The van der Waals surface area contributed by atoms with Crippen molar-refractivity contribution in [2.75, 3.05) is 13.2 Å². The summed E-state index contributed by atoms with van der Waals surface area (Å²) < 4.78 is 5.46. The number of hydrogen-bond donors (Lipinski definition) is 0. The molecule has 0 aromatic carbocycles. The van der Waals surface area contributed by atoms with Gasteiger partial charge in [0.2, 0.25) is 0 Å². The molecule has 0 heterocycles. The van der Waals surface area contributed by atoms with Crippen LogP contribution in [0.1, 0.15) is 45.4 Å². The molecule has 0 bridgehead atoms. The van der Waals surface area contributed by atoms with Gasteiger partial charge in [0.05, 0.1) is 0 Å². The summed E-state index contributed by atoms with van der Waals surface area (Å²) in [6.07, 6.45) is 8.89. The molecular formula is C11H20O. The van der Waals surface area contributed by atoms with Gasteiger partial charge in [-0.05, 0) is 56.8 Å². The first kappa shape index (κ1) is 8.55. The van der Waals surface area contributed by atoms with Gasteiger partial charge >= 0.3 is 0 Å². The van der Waals surface area contributed by atoms with Gasteiger partial charge in [-0.1, -0.05) is 0 Å². The quantitative estimate of drug-likeness (QED) is 0.629. The van der Waals surface area contributed by atoms with E-state index in [1.54, 1.807) is 0 Å². The fourth-order valence-electron chi connectivity index (χ4n) is 2.42. The minimum atomic E-state index is 0.850. The van der Waals surface area contributed by atoms with Crippen molar-refractivity contribution in [2.24, 2.45) is 11.3 Å². The highest BCUT2D eigenvalue weighted by atomic mass is 16.5. The molecule has 2 aliphatic carbocycles. The standard InChI is InChI=1S/C11H20O/c1-2-12-9-10-3-5-11(6-4-10)7-8-11/h10H,2-9H2,1H3. The van der Waals surface area contributed by atoms with E-state index >= 15 is 0 Å². The van der Waals surface area contributed by atoms with E-state index in [9.17, 15) is 0 Å². The van der Waals surface area contributed by atoms with E-state index < -0.39 is 0 Å². The highest BCUT2D eigenvalue weighted by Crippen LogP contribution is 2.57. The van der Waals surface area contributed by atoms with E-state index in [-0.39, 0.29) is 0 Å². The van der Waals surface area contributed by atoms with Crippen LogP contribution in [0.3, 0.4) is 0 Å². The van der Waals surface area contributed by atoms with Gasteiger partial charge < -0.3 is 4.74 Å². The van der Waals surface area contributed by atoms with Crippen molar-refractivity contribution in [3.63, 3.8) is 0 Å². The molecule has 0 aromatic heterocycles. The number of hydrogen-bond acceptors (Lipinski definition) is 1. The summed E-state index contributed by atoms with van der Waals surface area (Å²) in [5.41, 5.74) is 0.850. The zero-order chi connectivity index (χ0) is 8.44. The lowest BCUT2D eigenvalue weighted by Crippen LogP contribution is -2.19. The average molecular weight is 168 g/mol. The Morgan fingerprint density at radius 3 is 2.33 bits per heavy atom. The third-order valence-corrected chi connectivity index (χ3v) is 3.68. The SMILES string of the molecule is CCOCC1CCC2(CC1)CC2. The highest BCUT2D eigenvalue weighted by Gasteiger charge is 2.44. The molecule has 1 heteroatoms. The summed E-state index contributed by atoms with van der Waals surface area (Å²) >= 11 is 0. The van der Waals surface area contributed by atoms with E-state index in [2.05, 4.69) is 6.92 Å². The fraction of sp³-hybridized carbons (Fsp3) is 1.00. The predicted octanol–water partition coefficient (Wildman–Crippen LogP) is 2.99. The van der Waals surface area contributed by atoms with Crippen molar-refractivity contribution in [3.05, 3.63) is 0 Å². The Hall–Kier alpha value is -0.0400. The minimum absolute atomic E-state index is 0.850. The third kappa shape index (κ3) is 1.82. The van der Waals surface area contributed by atoms with E-state index in [0.717, 1.165) is 24.5 Å². The van der Waals surface area contributed by atoms with Crippen LogP contribution in [0.15, 0.2) is 0 Å². The maximum absolute atomic E-state index is 5.46. The molecule has 2 fully saturated rings. The molecule has 2 saturated carbocycles. The summed E-state index contributed by atoms with van der Waals surface area (Å²) in [6.45, 7) is 4.00. The van der Waals surface area contributed by atoms with Gasteiger partial charge in [-0.3, -0.25) is 0 Å². The van der Waals surface area contributed by atoms with E-state index in [4.69, 9.17) is 4.74 Å². The lowest BCUT2D eigenvalue weighted by molar-refractivity contribution is 0.0836. The second-order valence-electron chi connectivity index (χ2n) is 4.60. The van der Waals surface area contributed by atoms with Gasteiger partial charge in [0.1, 0.15) is 0 Å². The van der Waals surface area contributed by atoms with E-state index in [0.29, 0.717) is 0 Å². The lowest BCUT2D eigenvalue weighted by Gasteiger charge is -2.27. The predicted molar refractivity (Wildman–Crippen MR) is 50.1 cm³/mol. The van der Waals surface area contributed by atoms with E-state index in [1.165, 1.54) is 38.5 Å². The maximum atomic E-state index is 5.46. The summed E-state index contributed by atoms with van der Waals surface area (Å²) in [7, 11) is 0. The Kier molecular flexibility index (Phi) is 2.40. The molecule has 0 radical (unpaired) electrons. The van der Waals surface area contributed by atoms with Crippen molar-refractivity contribution >= 4 is 0 Å².